The molecule has 1 aromatic heterocycles. The van der Waals surface area contributed by atoms with E-state index in [0.717, 1.165) is 12.8 Å². The molecule has 0 spiro atoms. The summed E-state index contributed by atoms with van der Waals surface area (Å²) in [6.45, 7) is 0. The Kier molecular flexibility index (Phi) is 5.07. The summed E-state index contributed by atoms with van der Waals surface area (Å²) in [5.41, 5.74) is -1.30. The van der Waals surface area contributed by atoms with Crippen molar-refractivity contribution < 1.29 is 23.8 Å². The zero-order chi connectivity index (χ0) is 19.6. The first-order valence-corrected chi connectivity index (χ1v) is 8.64. The maximum atomic E-state index is 12.8. The standard InChI is InChI=1S/C19H22N2O6/c1-25-13-7-6-11-10-12(16(22)20-14(11)15(13)26-2)17(23)21-19(18(24)27-3)8-4-5-9-19/h6-7,10H,4-5,8-9H2,1-3H3,(H,20,22)(H,21,23). The van der Waals surface area contributed by atoms with E-state index in [1.54, 1.807) is 12.1 Å². The Bertz CT molecular complexity index is 943. The smallest absolute Gasteiger partial charge is 0.331 e. The average Bonchev–Trinajstić information content (AvgIpc) is 3.15. The number of ether oxygens (including phenoxy) is 3. The van der Waals surface area contributed by atoms with Crippen LogP contribution in [0.3, 0.4) is 0 Å². The largest absolute Gasteiger partial charge is 0.493 e. The topological polar surface area (TPSA) is 107 Å². The highest BCUT2D eigenvalue weighted by Gasteiger charge is 2.44. The van der Waals surface area contributed by atoms with Gasteiger partial charge in [-0.25, -0.2) is 4.79 Å². The first-order valence-electron chi connectivity index (χ1n) is 8.64. The molecule has 1 fully saturated rings. The summed E-state index contributed by atoms with van der Waals surface area (Å²) in [4.78, 5) is 40.2. The highest BCUT2D eigenvalue weighted by Crippen LogP contribution is 2.34. The van der Waals surface area contributed by atoms with Crippen LogP contribution in [0.15, 0.2) is 23.0 Å². The number of esters is 1. The second-order valence-corrected chi connectivity index (χ2v) is 6.51. The molecule has 0 radical (unpaired) electrons. The number of carbonyl (C=O) groups is 2. The number of rotatable bonds is 5. The van der Waals surface area contributed by atoms with Gasteiger partial charge in [-0.15, -0.1) is 0 Å². The Morgan fingerprint density at radius 1 is 1.11 bits per heavy atom. The minimum absolute atomic E-state index is 0.0788. The van der Waals surface area contributed by atoms with Crippen LogP contribution in [-0.4, -0.2) is 43.7 Å². The van der Waals surface area contributed by atoms with E-state index in [1.165, 1.54) is 27.4 Å². The lowest BCUT2D eigenvalue weighted by atomic mass is 9.97. The second kappa shape index (κ2) is 7.30. The van der Waals surface area contributed by atoms with E-state index in [1.807, 2.05) is 0 Å². The number of methoxy groups -OCH3 is 3. The number of fused-ring (bicyclic) bond motifs is 1. The van der Waals surface area contributed by atoms with Crippen molar-refractivity contribution in [2.75, 3.05) is 21.3 Å². The molecule has 8 nitrogen and oxygen atoms in total. The Balaban J connectivity index is 2.01. The van der Waals surface area contributed by atoms with Gasteiger partial charge in [0.05, 0.1) is 26.8 Å². The summed E-state index contributed by atoms with van der Waals surface area (Å²) < 4.78 is 15.4. The lowest BCUT2D eigenvalue weighted by Crippen LogP contribution is -2.53. The van der Waals surface area contributed by atoms with Crippen LogP contribution in [0.1, 0.15) is 36.0 Å². The Hall–Kier alpha value is -3.03. The molecular weight excluding hydrogens is 352 g/mol. The molecule has 2 aromatic rings. The van der Waals surface area contributed by atoms with Gasteiger partial charge >= 0.3 is 5.97 Å². The number of pyridine rings is 1. The van der Waals surface area contributed by atoms with Gasteiger partial charge in [0.1, 0.15) is 11.1 Å². The number of hydrogen-bond acceptors (Lipinski definition) is 6. The highest BCUT2D eigenvalue weighted by atomic mass is 16.5. The summed E-state index contributed by atoms with van der Waals surface area (Å²) in [6, 6.07) is 4.88. The maximum Gasteiger partial charge on any atom is 0.331 e. The first kappa shape index (κ1) is 18.8. The van der Waals surface area contributed by atoms with Gasteiger partial charge in [-0.3, -0.25) is 9.59 Å². The third-order valence-electron chi connectivity index (χ3n) is 4.99. The zero-order valence-corrected chi connectivity index (χ0v) is 15.5. The fourth-order valence-electron chi connectivity index (χ4n) is 3.60. The van der Waals surface area contributed by atoms with Gasteiger partial charge in [0, 0.05) is 5.39 Å². The van der Waals surface area contributed by atoms with E-state index >= 15 is 0 Å². The third kappa shape index (κ3) is 3.22. The summed E-state index contributed by atoms with van der Waals surface area (Å²) in [5, 5.41) is 3.33. The normalized spacial score (nSPS) is 15.4. The molecule has 2 N–H and O–H groups in total. The second-order valence-electron chi connectivity index (χ2n) is 6.51. The maximum absolute atomic E-state index is 12.8. The van der Waals surface area contributed by atoms with E-state index < -0.39 is 23.0 Å². The summed E-state index contributed by atoms with van der Waals surface area (Å²) in [5.74, 6) is -0.258. The van der Waals surface area contributed by atoms with E-state index in [-0.39, 0.29) is 5.56 Å². The van der Waals surface area contributed by atoms with Gasteiger partial charge in [-0.1, -0.05) is 12.8 Å². The lowest BCUT2D eigenvalue weighted by Gasteiger charge is -2.27. The summed E-state index contributed by atoms with van der Waals surface area (Å²) in [7, 11) is 4.25. The van der Waals surface area contributed by atoms with Crippen molar-refractivity contribution in [1.82, 2.24) is 10.3 Å². The SMILES string of the molecule is COC(=O)C1(NC(=O)c2cc3ccc(OC)c(OC)c3[nH]c2=O)CCCC1. The first-order chi connectivity index (χ1) is 13.0. The van der Waals surface area contributed by atoms with Crippen molar-refractivity contribution in [3.63, 3.8) is 0 Å². The van der Waals surface area contributed by atoms with Gasteiger partial charge < -0.3 is 24.5 Å². The minimum Gasteiger partial charge on any atom is -0.493 e. The zero-order valence-electron chi connectivity index (χ0n) is 15.5. The van der Waals surface area contributed by atoms with Crippen LogP contribution < -0.4 is 20.3 Å². The third-order valence-corrected chi connectivity index (χ3v) is 4.99. The molecule has 1 aliphatic carbocycles. The van der Waals surface area contributed by atoms with Crippen molar-refractivity contribution in [2.24, 2.45) is 0 Å². The van der Waals surface area contributed by atoms with Gasteiger partial charge in [-0.2, -0.15) is 0 Å². The van der Waals surface area contributed by atoms with Crippen LogP contribution in [-0.2, 0) is 9.53 Å². The molecule has 0 unspecified atom stereocenters. The van der Waals surface area contributed by atoms with E-state index in [2.05, 4.69) is 10.3 Å². The molecule has 0 bridgehead atoms. The quantitative estimate of drug-likeness (QED) is 0.773. The fraction of sp³-hybridized carbons (Fsp3) is 0.421. The Morgan fingerprint density at radius 2 is 1.81 bits per heavy atom. The van der Waals surface area contributed by atoms with Gasteiger partial charge in [0.25, 0.3) is 11.5 Å². The number of aromatic nitrogens is 1. The monoisotopic (exact) mass is 374 g/mol. The fourth-order valence-corrected chi connectivity index (χ4v) is 3.60. The van der Waals surface area contributed by atoms with Crippen molar-refractivity contribution in [1.29, 1.82) is 0 Å². The number of benzene rings is 1. The highest BCUT2D eigenvalue weighted by molar-refractivity contribution is 6.01. The average molecular weight is 374 g/mol. The van der Waals surface area contributed by atoms with Crippen LogP contribution in [0.2, 0.25) is 0 Å². The van der Waals surface area contributed by atoms with Crippen LogP contribution in [0.5, 0.6) is 11.5 Å². The molecule has 144 valence electrons. The molecule has 1 aromatic carbocycles. The number of carbonyl (C=O) groups excluding carboxylic acids is 2. The van der Waals surface area contributed by atoms with E-state index in [0.29, 0.717) is 35.2 Å². The Labute approximate surface area is 155 Å². The molecule has 0 saturated heterocycles. The van der Waals surface area contributed by atoms with Crippen LogP contribution in [0, 0.1) is 0 Å². The molecule has 1 aliphatic rings. The molecule has 8 heteroatoms. The van der Waals surface area contributed by atoms with Crippen molar-refractivity contribution >= 4 is 22.8 Å². The van der Waals surface area contributed by atoms with E-state index in [9.17, 15) is 14.4 Å². The number of aromatic amines is 1. The van der Waals surface area contributed by atoms with Crippen molar-refractivity contribution in [3.05, 3.63) is 34.1 Å². The summed E-state index contributed by atoms with van der Waals surface area (Å²) >= 11 is 0. The van der Waals surface area contributed by atoms with Crippen LogP contribution >= 0.6 is 0 Å². The van der Waals surface area contributed by atoms with Gasteiger partial charge in [0.2, 0.25) is 0 Å². The van der Waals surface area contributed by atoms with Crippen molar-refractivity contribution in [2.45, 2.75) is 31.2 Å². The molecule has 1 heterocycles. The van der Waals surface area contributed by atoms with Crippen molar-refractivity contribution in [3.8, 4) is 11.5 Å². The predicted molar refractivity (Wildman–Crippen MR) is 98.4 cm³/mol. The molecule has 0 atom stereocenters. The number of H-pyrrole nitrogens is 1. The number of amides is 1. The minimum atomic E-state index is -1.08. The van der Waals surface area contributed by atoms with E-state index in [4.69, 9.17) is 14.2 Å². The van der Waals surface area contributed by atoms with Gasteiger partial charge in [0.15, 0.2) is 11.5 Å². The number of hydrogen-bond donors (Lipinski definition) is 2. The van der Waals surface area contributed by atoms with Crippen LogP contribution in [0.25, 0.3) is 10.9 Å². The van der Waals surface area contributed by atoms with Gasteiger partial charge in [-0.05, 0) is 31.0 Å². The predicted octanol–water partition coefficient (Wildman–Crippen LogP) is 1.76. The Morgan fingerprint density at radius 3 is 2.41 bits per heavy atom. The molecule has 27 heavy (non-hydrogen) atoms. The summed E-state index contributed by atoms with van der Waals surface area (Å²) in [6.07, 6.45) is 2.59. The lowest BCUT2D eigenvalue weighted by molar-refractivity contribution is -0.148. The molecular formula is C19H22N2O6. The molecule has 1 amide bonds. The molecule has 0 aliphatic heterocycles. The number of nitrogens with one attached hydrogen (secondary N) is 2. The molecule has 1 saturated carbocycles. The molecule has 3 rings (SSSR count). The van der Waals surface area contributed by atoms with Crippen LogP contribution in [0.4, 0.5) is 0 Å².